The molecule has 0 aliphatic carbocycles. The van der Waals surface area contributed by atoms with E-state index < -0.39 is 0 Å². The Morgan fingerprint density at radius 3 is 2.86 bits per heavy atom. The maximum Gasteiger partial charge on any atom is 0.137 e. The molecule has 114 valence electrons. The van der Waals surface area contributed by atoms with Crippen LogP contribution in [0.1, 0.15) is 37.4 Å². The summed E-state index contributed by atoms with van der Waals surface area (Å²) in [6.45, 7) is 8.82. The predicted molar refractivity (Wildman–Crippen MR) is 86.5 cm³/mol. The molecule has 4 nitrogen and oxygen atoms in total. The molecular formula is C17H26N4. The standard InChI is InChI=1S/C17H26N4/c1-3-10-20(16-6-8-18-9-7-16)12-15-13-21-11-14(2)4-5-17(21)19-15/h4-5,11,13,16,18H,3,6-10,12H2,1-2H3. The Hall–Kier alpha value is -1.39. The van der Waals surface area contributed by atoms with Crippen molar-refractivity contribution < 1.29 is 0 Å². The summed E-state index contributed by atoms with van der Waals surface area (Å²) in [6.07, 6.45) is 8.06. The van der Waals surface area contributed by atoms with Gasteiger partial charge in [0.05, 0.1) is 5.69 Å². The van der Waals surface area contributed by atoms with Crippen molar-refractivity contribution in [1.29, 1.82) is 0 Å². The lowest BCUT2D eigenvalue weighted by molar-refractivity contribution is 0.152. The van der Waals surface area contributed by atoms with E-state index in [1.165, 1.54) is 30.5 Å². The monoisotopic (exact) mass is 286 g/mol. The predicted octanol–water partition coefficient (Wildman–Crippen LogP) is 2.61. The molecule has 2 aromatic rings. The van der Waals surface area contributed by atoms with Crippen molar-refractivity contribution in [2.75, 3.05) is 19.6 Å². The van der Waals surface area contributed by atoms with Crippen molar-refractivity contribution in [2.45, 2.75) is 45.7 Å². The Labute approximate surface area is 127 Å². The quantitative estimate of drug-likeness (QED) is 0.917. The molecule has 0 bridgehead atoms. The van der Waals surface area contributed by atoms with E-state index in [1.807, 2.05) is 0 Å². The lowest BCUT2D eigenvalue weighted by Gasteiger charge is -2.34. The topological polar surface area (TPSA) is 32.6 Å². The number of rotatable bonds is 5. The highest BCUT2D eigenvalue weighted by atomic mass is 15.2. The first-order chi connectivity index (χ1) is 10.3. The SMILES string of the molecule is CCCN(Cc1cn2cc(C)ccc2n1)C1CCNCC1. The zero-order chi connectivity index (χ0) is 14.7. The molecule has 0 amide bonds. The van der Waals surface area contributed by atoms with Gasteiger partial charge in [-0.1, -0.05) is 13.0 Å². The third kappa shape index (κ3) is 3.44. The highest BCUT2D eigenvalue weighted by molar-refractivity contribution is 5.41. The molecule has 0 aromatic carbocycles. The Bertz CT molecular complexity index is 583. The number of aryl methyl sites for hydroxylation is 1. The molecule has 1 fully saturated rings. The first-order valence-corrected chi connectivity index (χ1v) is 8.15. The van der Waals surface area contributed by atoms with Gasteiger partial charge in [-0.25, -0.2) is 4.98 Å². The zero-order valence-electron chi connectivity index (χ0n) is 13.2. The second-order valence-corrected chi connectivity index (χ2v) is 6.16. The average Bonchev–Trinajstić information content (AvgIpc) is 2.89. The smallest absolute Gasteiger partial charge is 0.137 e. The molecule has 0 radical (unpaired) electrons. The van der Waals surface area contributed by atoms with Gasteiger partial charge in [0.2, 0.25) is 0 Å². The number of imidazole rings is 1. The van der Waals surface area contributed by atoms with Crippen LogP contribution in [0.2, 0.25) is 0 Å². The molecule has 0 unspecified atom stereocenters. The number of fused-ring (bicyclic) bond motifs is 1. The minimum atomic E-state index is 0.706. The Morgan fingerprint density at radius 2 is 2.10 bits per heavy atom. The summed E-state index contributed by atoms with van der Waals surface area (Å²) >= 11 is 0. The van der Waals surface area contributed by atoms with Crippen LogP contribution in [0, 0.1) is 6.92 Å². The first-order valence-electron chi connectivity index (χ1n) is 8.15. The molecular weight excluding hydrogens is 260 g/mol. The van der Waals surface area contributed by atoms with Gasteiger partial charge in [-0.2, -0.15) is 0 Å². The first kappa shape index (κ1) is 14.5. The van der Waals surface area contributed by atoms with Crippen molar-refractivity contribution in [3.05, 3.63) is 35.8 Å². The maximum absolute atomic E-state index is 4.78. The second-order valence-electron chi connectivity index (χ2n) is 6.16. The number of hydrogen-bond donors (Lipinski definition) is 1. The summed E-state index contributed by atoms with van der Waals surface area (Å²) < 4.78 is 2.15. The van der Waals surface area contributed by atoms with Crippen LogP contribution < -0.4 is 5.32 Å². The Kier molecular flexibility index (Phi) is 4.56. The van der Waals surface area contributed by atoms with Crippen LogP contribution in [0.4, 0.5) is 0 Å². The van der Waals surface area contributed by atoms with Crippen LogP contribution in [0.25, 0.3) is 5.65 Å². The fourth-order valence-electron chi connectivity index (χ4n) is 3.29. The van der Waals surface area contributed by atoms with E-state index in [1.54, 1.807) is 0 Å². The molecule has 1 aliphatic rings. The van der Waals surface area contributed by atoms with E-state index in [0.29, 0.717) is 6.04 Å². The van der Waals surface area contributed by atoms with Gasteiger partial charge in [-0.15, -0.1) is 0 Å². The Balaban J connectivity index is 1.76. The number of nitrogens with zero attached hydrogens (tertiary/aromatic N) is 3. The molecule has 0 saturated carbocycles. The van der Waals surface area contributed by atoms with Crippen molar-refractivity contribution in [3.63, 3.8) is 0 Å². The van der Waals surface area contributed by atoms with E-state index in [9.17, 15) is 0 Å². The molecule has 0 spiro atoms. The van der Waals surface area contributed by atoms with E-state index >= 15 is 0 Å². The zero-order valence-corrected chi connectivity index (χ0v) is 13.2. The van der Waals surface area contributed by atoms with E-state index in [0.717, 1.165) is 31.8 Å². The van der Waals surface area contributed by atoms with Gasteiger partial charge in [0.15, 0.2) is 0 Å². The minimum absolute atomic E-state index is 0.706. The summed E-state index contributed by atoms with van der Waals surface area (Å²) in [7, 11) is 0. The van der Waals surface area contributed by atoms with Crippen LogP contribution in [0.3, 0.4) is 0 Å². The molecule has 3 heterocycles. The van der Waals surface area contributed by atoms with Gasteiger partial charge in [0, 0.05) is 25.0 Å². The van der Waals surface area contributed by atoms with Crippen molar-refractivity contribution >= 4 is 5.65 Å². The van der Waals surface area contributed by atoms with Gasteiger partial charge < -0.3 is 9.72 Å². The van der Waals surface area contributed by atoms with Crippen LogP contribution in [-0.2, 0) is 6.54 Å². The minimum Gasteiger partial charge on any atom is -0.317 e. The molecule has 0 atom stereocenters. The third-order valence-corrected chi connectivity index (χ3v) is 4.35. The fourth-order valence-corrected chi connectivity index (χ4v) is 3.29. The lowest BCUT2D eigenvalue weighted by Crippen LogP contribution is -2.43. The number of piperidine rings is 1. The van der Waals surface area contributed by atoms with Crippen LogP contribution in [0.15, 0.2) is 24.5 Å². The van der Waals surface area contributed by atoms with Gasteiger partial charge in [-0.05, 0) is 57.5 Å². The van der Waals surface area contributed by atoms with Crippen molar-refractivity contribution in [3.8, 4) is 0 Å². The Morgan fingerprint density at radius 1 is 1.29 bits per heavy atom. The second kappa shape index (κ2) is 6.58. The average molecular weight is 286 g/mol. The normalized spacial score (nSPS) is 16.9. The summed E-state index contributed by atoms with van der Waals surface area (Å²) in [5, 5.41) is 3.46. The number of aromatic nitrogens is 2. The molecule has 21 heavy (non-hydrogen) atoms. The van der Waals surface area contributed by atoms with E-state index in [-0.39, 0.29) is 0 Å². The van der Waals surface area contributed by atoms with Crippen molar-refractivity contribution in [2.24, 2.45) is 0 Å². The molecule has 2 aromatic heterocycles. The molecule has 1 aliphatic heterocycles. The number of nitrogens with one attached hydrogen (secondary N) is 1. The molecule has 4 heteroatoms. The summed E-state index contributed by atoms with van der Waals surface area (Å²) in [5.74, 6) is 0. The molecule has 1 saturated heterocycles. The van der Waals surface area contributed by atoms with Gasteiger partial charge in [0.25, 0.3) is 0 Å². The van der Waals surface area contributed by atoms with Gasteiger partial charge in [0.1, 0.15) is 5.65 Å². The number of hydrogen-bond acceptors (Lipinski definition) is 3. The number of pyridine rings is 1. The third-order valence-electron chi connectivity index (χ3n) is 4.35. The van der Waals surface area contributed by atoms with Crippen molar-refractivity contribution in [1.82, 2.24) is 19.6 Å². The van der Waals surface area contributed by atoms with Crippen LogP contribution >= 0.6 is 0 Å². The van der Waals surface area contributed by atoms with Gasteiger partial charge >= 0.3 is 0 Å². The van der Waals surface area contributed by atoms with E-state index in [4.69, 9.17) is 4.98 Å². The van der Waals surface area contributed by atoms with Crippen LogP contribution in [-0.4, -0.2) is 40.0 Å². The highest BCUT2D eigenvalue weighted by Crippen LogP contribution is 2.16. The summed E-state index contributed by atoms with van der Waals surface area (Å²) in [4.78, 5) is 7.40. The van der Waals surface area contributed by atoms with E-state index in [2.05, 4.69) is 53.0 Å². The van der Waals surface area contributed by atoms with Crippen LogP contribution in [0.5, 0.6) is 0 Å². The lowest BCUT2D eigenvalue weighted by atomic mass is 10.0. The molecule has 1 N–H and O–H groups in total. The maximum atomic E-state index is 4.78. The highest BCUT2D eigenvalue weighted by Gasteiger charge is 2.21. The summed E-state index contributed by atoms with van der Waals surface area (Å²) in [5.41, 5.74) is 3.51. The largest absolute Gasteiger partial charge is 0.317 e. The molecule has 3 rings (SSSR count). The summed E-state index contributed by atoms with van der Waals surface area (Å²) in [6, 6.07) is 4.94. The fraction of sp³-hybridized carbons (Fsp3) is 0.588. The van der Waals surface area contributed by atoms with Gasteiger partial charge in [-0.3, -0.25) is 4.90 Å².